The number of nitrogens with one attached hydrogen (secondary N) is 6. The van der Waals surface area contributed by atoms with Crippen LogP contribution in [0.1, 0.15) is 28.7 Å². The van der Waals surface area contributed by atoms with Crippen LogP contribution < -0.4 is 33.6 Å². The number of rotatable bonds is 10. The minimum atomic E-state index is -0.106. The van der Waals surface area contributed by atoms with Crippen molar-refractivity contribution < 1.29 is 0 Å². The molecule has 0 bridgehead atoms. The van der Waals surface area contributed by atoms with Gasteiger partial charge in [-0.25, -0.2) is 0 Å². The van der Waals surface area contributed by atoms with Gasteiger partial charge in [0.25, 0.3) is 0 Å². The third-order valence-electron chi connectivity index (χ3n) is 4.23. The fraction of sp³-hybridized carbons (Fsp3) is 0.158. The van der Waals surface area contributed by atoms with Crippen LogP contribution in [0.15, 0.2) is 36.4 Å². The van der Waals surface area contributed by atoms with Crippen molar-refractivity contribution in [3.05, 3.63) is 58.7 Å². The van der Waals surface area contributed by atoms with Gasteiger partial charge in [-0.15, -0.1) is 0 Å². The topological polar surface area (TPSA) is 224 Å². The number of benzene rings is 2. The van der Waals surface area contributed by atoms with Crippen molar-refractivity contribution in [3.63, 3.8) is 0 Å². The second-order valence-corrected chi connectivity index (χ2v) is 6.38. The Hall–Kier alpha value is -4.08. The van der Waals surface area contributed by atoms with Crippen LogP contribution in [0.2, 0.25) is 0 Å². The molecule has 0 spiro atoms. The summed E-state index contributed by atoms with van der Waals surface area (Å²) in [4.78, 5) is 0. The van der Waals surface area contributed by atoms with Gasteiger partial charge in [0, 0.05) is 46.7 Å². The van der Waals surface area contributed by atoms with Crippen molar-refractivity contribution in [2.75, 3.05) is 23.7 Å². The fourth-order valence-corrected chi connectivity index (χ4v) is 2.71. The van der Waals surface area contributed by atoms with Gasteiger partial charge in [-0.1, -0.05) is 0 Å². The molecule has 0 fully saturated rings. The third-order valence-corrected chi connectivity index (χ3v) is 4.23. The molecule has 0 unspecified atom stereocenters. The lowest BCUT2D eigenvalue weighted by atomic mass is 10.1. The van der Waals surface area contributed by atoms with E-state index in [1.807, 2.05) is 0 Å². The molecule has 0 aliphatic carbocycles. The van der Waals surface area contributed by atoms with Crippen molar-refractivity contribution in [1.82, 2.24) is 0 Å². The number of hydrogen-bond donors (Lipinski definition) is 10. The van der Waals surface area contributed by atoms with Crippen LogP contribution in [0.3, 0.4) is 0 Å². The SMILES string of the molecule is N=C(N)c1ccc(NCCCNc2ccc(C(=N)N)cc2C(=N)N)c(C(=N)N)c1. The minimum absolute atomic E-state index is 0.0830. The molecule has 29 heavy (non-hydrogen) atoms. The number of nitrogens with two attached hydrogens (primary N) is 4. The van der Waals surface area contributed by atoms with Crippen LogP contribution in [0, 0.1) is 21.6 Å². The second-order valence-electron chi connectivity index (χ2n) is 6.38. The zero-order valence-electron chi connectivity index (χ0n) is 15.9. The molecule has 10 heteroatoms. The summed E-state index contributed by atoms with van der Waals surface area (Å²) in [7, 11) is 0. The van der Waals surface area contributed by atoms with Gasteiger partial charge < -0.3 is 33.6 Å². The quantitative estimate of drug-likeness (QED) is 0.159. The third kappa shape index (κ3) is 5.45. The molecule has 0 aliphatic rings. The van der Waals surface area contributed by atoms with Crippen molar-refractivity contribution in [2.24, 2.45) is 22.9 Å². The Kier molecular flexibility index (Phi) is 6.75. The Bertz CT molecular complexity index is 886. The highest BCUT2D eigenvalue weighted by molar-refractivity contribution is 6.05. The summed E-state index contributed by atoms with van der Waals surface area (Å²) in [5.41, 5.74) is 25.6. The Morgan fingerprint density at radius 1 is 0.621 bits per heavy atom. The maximum absolute atomic E-state index is 7.71. The minimum Gasteiger partial charge on any atom is -0.384 e. The van der Waals surface area contributed by atoms with E-state index in [2.05, 4.69) is 10.6 Å². The van der Waals surface area contributed by atoms with Crippen LogP contribution in [-0.2, 0) is 0 Å². The van der Waals surface area contributed by atoms with Crippen LogP contribution >= 0.6 is 0 Å². The van der Waals surface area contributed by atoms with E-state index in [0.717, 1.165) is 6.42 Å². The molecule has 0 aromatic heterocycles. The van der Waals surface area contributed by atoms with Gasteiger partial charge in [-0.3, -0.25) is 21.6 Å². The number of anilines is 2. The second kappa shape index (κ2) is 9.22. The molecule has 2 aromatic carbocycles. The zero-order valence-corrected chi connectivity index (χ0v) is 15.9. The largest absolute Gasteiger partial charge is 0.384 e. The molecule has 152 valence electrons. The predicted octanol–water partition coefficient (Wildman–Crippen LogP) is 0.737. The molecule has 0 heterocycles. The molecule has 0 aliphatic heterocycles. The van der Waals surface area contributed by atoms with E-state index in [0.29, 0.717) is 46.7 Å². The van der Waals surface area contributed by atoms with Gasteiger partial charge >= 0.3 is 0 Å². The first-order valence-corrected chi connectivity index (χ1v) is 8.84. The standard InChI is InChI=1S/C19H26N10/c20-16(21)10-2-4-14(12(8-10)18(24)25)28-6-1-7-29-15-5-3-11(17(22)23)9-13(15)19(26)27/h2-5,8-9,28-29H,1,6-7H2,(H3,20,21)(H3,22,23)(H3,24,25)(H3,26,27). The van der Waals surface area contributed by atoms with Crippen molar-refractivity contribution >= 4 is 34.7 Å². The van der Waals surface area contributed by atoms with Crippen molar-refractivity contribution in [3.8, 4) is 0 Å². The highest BCUT2D eigenvalue weighted by atomic mass is 14.9. The molecular formula is C19H26N10. The van der Waals surface area contributed by atoms with Crippen LogP contribution in [0.4, 0.5) is 11.4 Å². The lowest BCUT2D eigenvalue weighted by Crippen LogP contribution is -2.19. The maximum Gasteiger partial charge on any atom is 0.124 e. The van der Waals surface area contributed by atoms with E-state index in [4.69, 9.17) is 44.6 Å². The van der Waals surface area contributed by atoms with Gasteiger partial charge in [0.1, 0.15) is 23.3 Å². The van der Waals surface area contributed by atoms with Crippen molar-refractivity contribution in [2.45, 2.75) is 6.42 Å². The van der Waals surface area contributed by atoms with E-state index >= 15 is 0 Å². The summed E-state index contributed by atoms with van der Waals surface area (Å²) in [6.07, 6.45) is 0.734. The summed E-state index contributed by atoms with van der Waals surface area (Å²) in [6, 6.07) is 10.1. The Morgan fingerprint density at radius 3 is 1.31 bits per heavy atom. The van der Waals surface area contributed by atoms with Crippen LogP contribution in [0.5, 0.6) is 0 Å². The van der Waals surface area contributed by atoms with Gasteiger partial charge in [-0.2, -0.15) is 0 Å². The van der Waals surface area contributed by atoms with E-state index in [-0.39, 0.29) is 23.3 Å². The first-order valence-electron chi connectivity index (χ1n) is 8.84. The molecular weight excluding hydrogens is 368 g/mol. The molecule has 0 amide bonds. The molecule has 2 rings (SSSR count). The Morgan fingerprint density at radius 2 is 1.00 bits per heavy atom. The van der Waals surface area contributed by atoms with Gasteiger partial charge in [-0.05, 0) is 42.8 Å². The van der Waals surface area contributed by atoms with E-state index in [9.17, 15) is 0 Å². The summed E-state index contributed by atoms with van der Waals surface area (Å²) in [6.45, 7) is 1.21. The lowest BCUT2D eigenvalue weighted by molar-refractivity contribution is 0.908. The first-order chi connectivity index (χ1) is 13.7. The molecule has 0 saturated carbocycles. The maximum atomic E-state index is 7.71. The number of hydrogen-bond acceptors (Lipinski definition) is 6. The number of amidine groups is 4. The average molecular weight is 394 g/mol. The van der Waals surface area contributed by atoms with Gasteiger partial charge in [0.05, 0.1) is 0 Å². The highest BCUT2D eigenvalue weighted by Gasteiger charge is 2.09. The van der Waals surface area contributed by atoms with Gasteiger partial charge in [0.15, 0.2) is 0 Å². The summed E-state index contributed by atoms with van der Waals surface area (Å²) >= 11 is 0. The molecule has 14 N–H and O–H groups in total. The smallest absolute Gasteiger partial charge is 0.124 e. The predicted molar refractivity (Wildman–Crippen MR) is 119 cm³/mol. The van der Waals surface area contributed by atoms with Gasteiger partial charge in [0.2, 0.25) is 0 Å². The fourth-order valence-electron chi connectivity index (χ4n) is 2.71. The molecule has 0 atom stereocenters. The van der Waals surface area contributed by atoms with Crippen LogP contribution in [0.25, 0.3) is 0 Å². The average Bonchev–Trinajstić information content (AvgIpc) is 2.67. The molecule has 0 radical (unpaired) electrons. The molecule has 10 nitrogen and oxygen atoms in total. The zero-order chi connectivity index (χ0) is 21.6. The van der Waals surface area contributed by atoms with Crippen molar-refractivity contribution in [1.29, 1.82) is 21.6 Å². The summed E-state index contributed by atoms with van der Waals surface area (Å²) in [5.74, 6) is -0.378. The Labute approximate surface area is 168 Å². The van der Waals surface area contributed by atoms with E-state index in [1.54, 1.807) is 36.4 Å². The van der Waals surface area contributed by atoms with E-state index < -0.39 is 0 Å². The summed E-state index contributed by atoms with van der Waals surface area (Å²) in [5, 5.41) is 36.9. The Balaban J connectivity index is 1.97. The van der Waals surface area contributed by atoms with Crippen LogP contribution in [-0.4, -0.2) is 36.4 Å². The molecule has 2 aromatic rings. The van der Waals surface area contributed by atoms with E-state index in [1.165, 1.54) is 0 Å². The summed E-state index contributed by atoms with van der Waals surface area (Å²) < 4.78 is 0. The highest BCUT2D eigenvalue weighted by Crippen LogP contribution is 2.19. The number of nitrogen functional groups attached to an aromatic ring is 4. The monoisotopic (exact) mass is 394 g/mol. The first kappa shape index (κ1) is 21.2. The lowest BCUT2D eigenvalue weighted by Gasteiger charge is -2.15. The normalized spacial score (nSPS) is 10.2. The molecule has 0 saturated heterocycles.